The summed E-state index contributed by atoms with van der Waals surface area (Å²) in [5.74, 6) is 0. The van der Waals surface area contributed by atoms with Crippen LogP contribution in [-0.4, -0.2) is 103 Å². The van der Waals surface area contributed by atoms with Crippen LogP contribution in [0.5, 0.6) is 0 Å². The van der Waals surface area contributed by atoms with Gasteiger partial charge in [-0.2, -0.15) is 0 Å². The number of rotatable bonds is 13. The van der Waals surface area contributed by atoms with E-state index < -0.39 is 5.54 Å². The molecule has 0 aliphatic rings. The third-order valence-electron chi connectivity index (χ3n) is 3.13. The topological polar surface area (TPSA) is 65.3 Å². The molecular weight excluding hydrogens is 494 g/mol. The molecule has 1 radical (unpaired) electrons. The summed E-state index contributed by atoms with van der Waals surface area (Å²) in [5, 5.41) is 9.78. The molecule has 0 rings (SSSR count). The minimum Gasteiger partial charge on any atom is -0.329 e. The second-order valence-electron chi connectivity index (χ2n) is 4.84. The van der Waals surface area contributed by atoms with E-state index in [1.807, 2.05) is 0 Å². The first-order valence-corrected chi connectivity index (χ1v) is 10.7. The molecule has 0 aromatic rings. The molecule has 0 spiro atoms. The van der Waals surface area contributed by atoms with Crippen LogP contribution in [0.25, 0.3) is 0 Å². The maximum Gasteiger partial charge on any atom is 0.142 e. The van der Waals surface area contributed by atoms with E-state index in [1.165, 1.54) is 4.90 Å². The Labute approximate surface area is 221 Å². The smallest absolute Gasteiger partial charge is 0.142 e. The van der Waals surface area contributed by atoms with Crippen molar-refractivity contribution in [3.05, 3.63) is 0 Å². The first-order valence-electron chi connectivity index (χ1n) is 7.26. The minimum absolute atomic E-state index is 0. The quantitative estimate of drug-likeness (QED) is 0.0765. The van der Waals surface area contributed by atoms with Crippen LogP contribution in [0.4, 0.5) is 0 Å². The van der Waals surface area contributed by atoms with Crippen molar-refractivity contribution in [1.29, 1.82) is 0 Å². The summed E-state index contributed by atoms with van der Waals surface area (Å²) in [7, 11) is 0. The molecule has 5 nitrogen and oxygen atoms in total. The van der Waals surface area contributed by atoms with E-state index in [9.17, 15) is 0 Å². The summed E-state index contributed by atoms with van der Waals surface area (Å²) in [6.45, 7) is 4.91. The molecule has 0 fully saturated rings. The van der Waals surface area contributed by atoms with Gasteiger partial charge in [-0.1, -0.05) is 48.9 Å². The largest absolute Gasteiger partial charge is 0.329 e. The zero-order chi connectivity index (χ0) is 19.5. The summed E-state index contributed by atoms with van der Waals surface area (Å²) < 4.78 is 0.955. The number of hydrogen-bond donors (Lipinski definition) is 8. The van der Waals surface area contributed by atoms with Gasteiger partial charge in [0.15, 0.2) is 0 Å². The number of nitrogens with one attached hydrogen (secondary N) is 3. The third-order valence-corrected chi connectivity index (χ3v) is 5.31. The van der Waals surface area contributed by atoms with Crippen LogP contribution in [0.15, 0.2) is 0 Å². The van der Waals surface area contributed by atoms with E-state index in [-0.39, 0.29) is 46.6 Å². The molecule has 0 atom stereocenters. The van der Waals surface area contributed by atoms with E-state index in [2.05, 4.69) is 66.5 Å². The molecule has 5 N–H and O–H groups in total. The summed E-state index contributed by atoms with van der Waals surface area (Å²) >= 11 is 38.0. The molecule has 0 heterocycles. The van der Waals surface area contributed by atoms with E-state index in [0.717, 1.165) is 26.2 Å². The Balaban J connectivity index is 0. The molecule has 26 heavy (non-hydrogen) atoms. The van der Waals surface area contributed by atoms with Gasteiger partial charge in [0.1, 0.15) is 14.2 Å². The van der Waals surface area contributed by atoms with Crippen LogP contribution in [0.1, 0.15) is 0 Å². The Kier molecular flexibility index (Phi) is 20.1. The van der Waals surface area contributed by atoms with Crippen LogP contribution in [0.3, 0.4) is 0 Å². The first kappa shape index (κ1) is 30.6. The van der Waals surface area contributed by atoms with Gasteiger partial charge in [-0.05, 0) is 0 Å². The summed E-state index contributed by atoms with van der Waals surface area (Å²) in [5.41, 5.74) is 4.33. The molecular formula is C12H23N5NaS8. The predicted molar refractivity (Wildman–Crippen MR) is 144 cm³/mol. The average molecular weight is 517 g/mol. The molecule has 0 aliphatic heterocycles. The summed E-state index contributed by atoms with van der Waals surface area (Å²) in [4.78, 5) is 1.48. The molecule has 0 unspecified atom stereocenters. The van der Waals surface area contributed by atoms with Gasteiger partial charge in [0.25, 0.3) is 0 Å². The molecule has 145 valence electrons. The van der Waals surface area contributed by atoms with Crippen molar-refractivity contribution in [2.24, 2.45) is 5.73 Å². The fraction of sp³-hybridized carbons (Fsp3) is 0.667. The van der Waals surface area contributed by atoms with Crippen molar-refractivity contribution in [3.63, 3.8) is 0 Å². The molecule has 0 aromatic carbocycles. The van der Waals surface area contributed by atoms with Gasteiger partial charge in [0.2, 0.25) is 0 Å². The predicted octanol–water partition coefficient (Wildman–Crippen LogP) is 0.318. The Morgan fingerprint density at radius 2 is 1.15 bits per heavy atom. The Bertz CT molecular complexity index is 464. The third kappa shape index (κ3) is 10.4. The monoisotopic (exact) mass is 516 g/mol. The SMILES string of the molecule is NCCNCCNCCNCC(C(=S)S)(C(=S)S)N(C(=S)S)C(=S)S.[Na]. The van der Waals surface area contributed by atoms with Gasteiger partial charge >= 0.3 is 0 Å². The summed E-state index contributed by atoms with van der Waals surface area (Å²) in [6, 6.07) is 0. The van der Waals surface area contributed by atoms with E-state index in [4.69, 9.17) is 54.6 Å². The van der Waals surface area contributed by atoms with E-state index in [0.29, 0.717) is 19.6 Å². The van der Waals surface area contributed by atoms with Crippen molar-refractivity contribution in [2.75, 3.05) is 45.8 Å². The molecule has 0 saturated heterocycles. The van der Waals surface area contributed by atoms with Gasteiger partial charge in [0, 0.05) is 75.4 Å². The number of nitrogens with two attached hydrogens (primary N) is 1. The number of thiol groups is 4. The molecule has 0 aromatic heterocycles. The van der Waals surface area contributed by atoms with Gasteiger partial charge in [-0.3, -0.25) is 4.90 Å². The fourth-order valence-corrected chi connectivity index (χ4v) is 4.62. The Morgan fingerprint density at radius 1 is 0.769 bits per heavy atom. The van der Waals surface area contributed by atoms with Crippen LogP contribution >= 0.6 is 99.4 Å². The second kappa shape index (κ2) is 17.1. The normalized spacial score (nSPS) is 10.8. The van der Waals surface area contributed by atoms with Crippen molar-refractivity contribution in [3.8, 4) is 0 Å². The number of hydrogen-bond acceptors (Lipinski definition) is 8. The van der Waals surface area contributed by atoms with Crippen molar-refractivity contribution in [1.82, 2.24) is 20.9 Å². The minimum atomic E-state index is -1.07. The fourth-order valence-electron chi connectivity index (χ4n) is 1.90. The van der Waals surface area contributed by atoms with Crippen LogP contribution in [-0.2, 0) is 0 Å². The van der Waals surface area contributed by atoms with Crippen molar-refractivity contribution >= 4 is 146 Å². The molecule has 0 aliphatic carbocycles. The van der Waals surface area contributed by atoms with E-state index >= 15 is 0 Å². The zero-order valence-corrected chi connectivity index (χ0v) is 23.2. The Morgan fingerprint density at radius 3 is 1.50 bits per heavy atom. The van der Waals surface area contributed by atoms with Gasteiger partial charge in [-0.25, -0.2) is 0 Å². The Hall–Kier alpha value is 2.40. The maximum atomic E-state index is 5.41. The van der Waals surface area contributed by atoms with E-state index in [1.54, 1.807) is 0 Å². The van der Waals surface area contributed by atoms with Crippen molar-refractivity contribution < 1.29 is 0 Å². The maximum absolute atomic E-state index is 5.41. The first-order chi connectivity index (χ1) is 11.7. The van der Waals surface area contributed by atoms with Crippen LogP contribution in [0, 0.1) is 0 Å². The number of nitrogens with zero attached hydrogens (tertiary/aromatic N) is 1. The standard InChI is InChI=1S/C12H23N5S8.Na/c13-1-2-14-3-4-15-5-6-16-7-12(8(18)19,9(20)21)17(10(22)23)11(24)25;/h14-16H,1-7,13H2,(H,18,19)(H,20,21)(H,22,23)(H,24,25);. The molecule has 0 saturated carbocycles. The van der Waals surface area contributed by atoms with Gasteiger partial charge < -0.3 is 21.7 Å². The molecule has 0 amide bonds. The number of thiocarbonyl (C=S) groups is 4. The molecule has 0 bridgehead atoms. The zero-order valence-electron chi connectivity index (χ0n) is 14.4. The van der Waals surface area contributed by atoms with Crippen LogP contribution < -0.4 is 21.7 Å². The molecule has 14 heteroatoms. The second-order valence-corrected chi connectivity index (χ2v) is 9.38. The van der Waals surface area contributed by atoms with Crippen LogP contribution in [0.2, 0.25) is 0 Å². The summed E-state index contributed by atoms with van der Waals surface area (Å²) in [6.07, 6.45) is 0. The average Bonchev–Trinajstić information content (AvgIpc) is 2.50. The van der Waals surface area contributed by atoms with Crippen molar-refractivity contribution in [2.45, 2.75) is 5.54 Å². The van der Waals surface area contributed by atoms with Gasteiger partial charge in [-0.15, -0.1) is 50.5 Å². The van der Waals surface area contributed by atoms with Gasteiger partial charge in [0.05, 0.1) is 8.39 Å².